The number of aromatic nitrogens is 2. The van der Waals surface area contributed by atoms with Crippen molar-refractivity contribution in [3.8, 4) is 0 Å². The molecular weight excluding hydrogens is 446 g/mol. The Kier molecular flexibility index (Phi) is 10.9. The summed E-state index contributed by atoms with van der Waals surface area (Å²) >= 11 is 0. The third-order valence-corrected chi connectivity index (χ3v) is 4.96. The first kappa shape index (κ1) is 26.8. The van der Waals surface area contributed by atoms with Crippen LogP contribution in [0.2, 0.25) is 0 Å². The smallest absolute Gasteiger partial charge is 0.306 e. The number of halogens is 3. The molecule has 2 aromatic rings. The normalized spacial score (nSPS) is 15.2. The van der Waals surface area contributed by atoms with Gasteiger partial charge in [-0.1, -0.05) is 20.3 Å². The fraction of sp³-hybridized carbons (Fsp3) is 0.500. The number of hydrogen-bond acceptors (Lipinski definition) is 7. The van der Waals surface area contributed by atoms with Crippen LogP contribution >= 0.6 is 24.8 Å². The van der Waals surface area contributed by atoms with Crippen LogP contribution in [0, 0.1) is 15.9 Å². The first-order valence-electron chi connectivity index (χ1n) is 10.1. The van der Waals surface area contributed by atoms with Gasteiger partial charge in [0.2, 0.25) is 11.8 Å². The topological polar surface area (TPSA) is 96.2 Å². The highest BCUT2D eigenvalue weighted by atomic mass is 35.5. The second-order valence-corrected chi connectivity index (χ2v) is 7.18. The van der Waals surface area contributed by atoms with E-state index in [0.29, 0.717) is 17.7 Å². The van der Waals surface area contributed by atoms with Crippen LogP contribution in [0.5, 0.6) is 0 Å². The number of nitrogens with one attached hydrogen (secondary N) is 2. The third-order valence-electron chi connectivity index (χ3n) is 4.96. The van der Waals surface area contributed by atoms with Gasteiger partial charge in [0.1, 0.15) is 5.82 Å². The zero-order valence-electron chi connectivity index (χ0n) is 17.6. The average molecular weight is 475 g/mol. The van der Waals surface area contributed by atoms with Crippen molar-refractivity contribution in [1.29, 1.82) is 0 Å². The lowest BCUT2D eigenvalue weighted by molar-refractivity contribution is -0.387. The Morgan fingerprint density at radius 3 is 2.71 bits per heavy atom. The molecule has 0 unspecified atom stereocenters. The molecule has 1 fully saturated rings. The molecule has 1 saturated heterocycles. The Morgan fingerprint density at radius 1 is 1.26 bits per heavy atom. The number of nitrogens with zero attached hydrogens (tertiary/aromatic N) is 4. The zero-order valence-corrected chi connectivity index (χ0v) is 19.3. The highest BCUT2D eigenvalue weighted by Crippen LogP contribution is 2.26. The molecule has 172 valence electrons. The minimum atomic E-state index is -0.870. The Bertz CT molecular complexity index is 874. The van der Waals surface area contributed by atoms with Gasteiger partial charge in [-0.3, -0.25) is 10.1 Å². The molecule has 11 heteroatoms. The number of likely N-dealkylation sites (N-methyl/N-ethyl adjacent to an activating group) is 1. The summed E-state index contributed by atoms with van der Waals surface area (Å²) in [6, 6.07) is 6.13. The summed E-state index contributed by atoms with van der Waals surface area (Å²) in [5.41, 5.74) is 0.719. The summed E-state index contributed by atoms with van der Waals surface area (Å²) in [7, 11) is 0. The van der Waals surface area contributed by atoms with Gasteiger partial charge < -0.3 is 15.5 Å². The predicted molar refractivity (Wildman–Crippen MR) is 126 cm³/mol. The van der Waals surface area contributed by atoms with Crippen LogP contribution in [0.3, 0.4) is 0 Å². The van der Waals surface area contributed by atoms with Gasteiger partial charge in [-0.2, -0.15) is 9.37 Å². The molecule has 0 spiro atoms. The van der Waals surface area contributed by atoms with Crippen LogP contribution in [0.4, 0.5) is 27.5 Å². The molecule has 0 saturated carbocycles. The Balaban J connectivity index is 0.00000240. The number of aryl methyl sites for hydroxylation is 1. The lowest BCUT2D eigenvalue weighted by Crippen LogP contribution is -2.32. The van der Waals surface area contributed by atoms with Crippen molar-refractivity contribution in [2.45, 2.75) is 45.6 Å². The molecule has 1 aromatic carbocycles. The maximum Gasteiger partial charge on any atom is 0.306 e. The first-order valence-corrected chi connectivity index (χ1v) is 10.1. The number of nitro groups is 1. The number of anilines is 3. The van der Waals surface area contributed by atoms with Crippen LogP contribution < -0.4 is 15.5 Å². The lowest BCUT2D eigenvalue weighted by atomic mass is 10.2. The number of unbranched alkanes of at least 4 members (excludes halogenated alkanes) is 1. The largest absolute Gasteiger partial charge is 0.355 e. The van der Waals surface area contributed by atoms with Crippen LogP contribution in [0.1, 0.15) is 38.8 Å². The Morgan fingerprint density at radius 2 is 2.03 bits per heavy atom. The van der Waals surface area contributed by atoms with Gasteiger partial charge in [0, 0.05) is 42.6 Å². The molecule has 0 amide bonds. The van der Waals surface area contributed by atoms with Gasteiger partial charge in [-0.25, -0.2) is 4.98 Å². The molecule has 1 atom stereocenters. The van der Waals surface area contributed by atoms with Crippen molar-refractivity contribution in [2.75, 3.05) is 29.9 Å². The van der Waals surface area contributed by atoms with Crippen molar-refractivity contribution in [2.24, 2.45) is 0 Å². The fourth-order valence-electron chi connectivity index (χ4n) is 3.47. The van der Waals surface area contributed by atoms with Crippen LogP contribution in [-0.2, 0) is 6.42 Å². The molecule has 31 heavy (non-hydrogen) atoms. The van der Waals surface area contributed by atoms with E-state index in [1.54, 1.807) is 0 Å². The maximum atomic E-state index is 13.6. The number of hydrogen-bond donors (Lipinski definition) is 2. The van der Waals surface area contributed by atoms with E-state index in [4.69, 9.17) is 0 Å². The van der Waals surface area contributed by atoms with Crippen LogP contribution in [-0.4, -0.2) is 40.6 Å². The summed E-state index contributed by atoms with van der Waals surface area (Å²) in [5.74, 6) is 0.331. The molecular formula is C20H29Cl2FN6O2. The standard InChI is InChI=1S/C20H27FN6O2.2ClH/c1-3-5-6-14-12-19(26-10-9-16(13-26)22-4-2)25-20(23-14)24-15-7-8-17(21)18(11-15)27(28)29;;/h7-8,11-12,16,22H,3-6,9-10,13H2,1-2H3,(H,23,24,25);2*1H/t16-;;/m0../s1. The molecule has 0 bridgehead atoms. The monoisotopic (exact) mass is 474 g/mol. The van der Waals surface area contributed by atoms with Crippen molar-refractivity contribution in [3.63, 3.8) is 0 Å². The first-order chi connectivity index (χ1) is 14.0. The molecule has 0 radical (unpaired) electrons. The van der Waals surface area contributed by atoms with E-state index in [1.807, 2.05) is 6.07 Å². The van der Waals surface area contributed by atoms with Gasteiger partial charge in [0.15, 0.2) is 0 Å². The van der Waals surface area contributed by atoms with E-state index < -0.39 is 16.4 Å². The van der Waals surface area contributed by atoms with Gasteiger partial charge in [-0.05, 0) is 37.9 Å². The number of rotatable bonds is 9. The summed E-state index contributed by atoms with van der Waals surface area (Å²) in [6.45, 7) is 6.93. The van der Waals surface area contributed by atoms with Crippen molar-refractivity contribution in [1.82, 2.24) is 15.3 Å². The van der Waals surface area contributed by atoms with E-state index in [0.717, 1.165) is 69.0 Å². The van der Waals surface area contributed by atoms with Crippen LogP contribution in [0.15, 0.2) is 24.3 Å². The maximum absolute atomic E-state index is 13.6. The molecule has 3 rings (SSSR count). The van der Waals surface area contributed by atoms with E-state index >= 15 is 0 Å². The lowest BCUT2D eigenvalue weighted by Gasteiger charge is -2.19. The van der Waals surface area contributed by atoms with Gasteiger partial charge >= 0.3 is 5.69 Å². The predicted octanol–water partition coefficient (Wildman–Crippen LogP) is 4.64. The molecule has 0 aliphatic carbocycles. The molecule has 1 aliphatic heterocycles. The van der Waals surface area contributed by atoms with E-state index in [1.165, 1.54) is 6.07 Å². The minimum Gasteiger partial charge on any atom is -0.355 e. The van der Waals surface area contributed by atoms with E-state index in [-0.39, 0.29) is 24.8 Å². The minimum absolute atomic E-state index is 0. The summed E-state index contributed by atoms with van der Waals surface area (Å²) in [6.07, 6.45) is 3.94. The third kappa shape index (κ3) is 7.15. The zero-order chi connectivity index (χ0) is 20.8. The van der Waals surface area contributed by atoms with E-state index in [9.17, 15) is 14.5 Å². The molecule has 2 heterocycles. The summed E-state index contributed by atoms with van der Waals surface area (Å²) in [5, 5.41) is 17.5. The molecule has 1 aromatic heterocycles. The Labute approximate surface area is 194 Å². The van der Waals surface area contributed by atoms with Gasteiger partial charge in [-0.15, -0.1) is 24.8 Å². The molecule has 8 nitrogen and oxygen atoms in total. The SMILES string of the molecule is CCCCc1cc(N2CC[C@H](NCC)C2)nc(Nc2ccc(F)c([N+](=O)[O-])c2)n1.Cl.Cl. The summed E-state index contributed by atoms with van der Waals surface area (Å²) < 4.78 is 13.6. The second kappa shape index (κ2) is 12.6. The van der Waals surface area contributed by atoms with Crippen molar-refractivity contribution in [3.05, 3.63) is 45.9 Å². The van der Waals surface area contributed by atoms with Crippen LogP contribution in [0.25, 0.3) is 0 Å². The molecule has 1 aliphatic rings. The second-order valence-electron chi connectivity index (χ2n) is 7.18. The van der Waals surface area contributed by atoms with E-state index in [2.05, 4.69) is 39.3 Å². The average Bonchev–Trinajstić information content (AvgIpc) is 3.16. The fourth-order valence-corrected chi connectivity index (χ4v) is 3.47. The Hall–Kier alpha value is -2.23. The van der Waals surface area contributed by atoms with Crippen molar-refractivity contribution >= 4 is 48.0 Å². The number of benzene rings is 1. The van der Waals surface area contributed by atoms with Gasteiger partial charge in [0.05, 0.1) is 4.92 Å². The van der Waals surface area contributed by atoms with Gasteiger partial charge in [0.25, 0.3) is 0 Å². The summed E-state index contributed by atoms with van der Waals surface area (Å²) in [4.78, 5) is 21.7. The van der Waals surface area contributed by atoms with Crippen molar-refractivity contribution < 1.29 is 9.31 Å². The highest BCUT2D eigenvalue weighted by Gasteiger charge is 2.24. The quantitative estimate of drug-likeness (QED) is 0.403. The number of nitro benzene ring substituents is 1. The molecule has 2 N–H and O–H groups in total. The highest BCUT2D eigenvalue weighted by molar-refractivity contribution is 5.85.